The maximum Gasteiger partial charge on any atom is 0.291 e. The van der Waals surface area contributed by atoms with E-state index in [9.17, 15) is 4.79 Å². The molecule has 0 aromatic carbocycles. The average Bonchev–Trinajstić information content (AvgIpc) is 2.62. The number of hydrogen-bond acceptors (Lipinski definition) is 3. The van der Waals surface area contributed by atoms with E-state index in [2.05, 4.69) is 16.7 Å². The first kappa shape index (κ1) is 6.31. The normalized spacial score (nSPS) is 36.5. The van der Waals surface area contributed by atoms with Gasteiger partial charge in [0.25, 0.3) is 5.79 Å². The van der Waals surface area contributed by atoms with Gasteiger partial charge in [-0.2, -0.15) is 9.78 Å². The lowest BCUT2D eigenvalue weighted by Crippen LogP contribution is -2.31. The predicted octanol–water partition coefficient (Wildman–Crippen LogP) is 1.03. The molecule has 1 atom stereocenters. The Balaban J connectivity index is 2.10. The van der Waals surface area contributed by atoms with Gasteiger partial charge in [0.05, 0.1) is 0 Å². The lowest BCUT2D eigenvalue weighted by molar-refractivity contribution is -0.127. The van der Waals surface area contributed by atoms with Crippen molar-refractivity contribution in [2.75, 3.05) is 0 Å². The first-order chi connectivity index (χ1) is 4.73. The maximum absolute atomic E-state index is 11.1. The molecule has 1 aliphatic carbocycles. The molecule has 2 rings (SSSR count). The van der Waals surface area contributed by atoms with Crippen LogP contribution in [0.3, 0.4) is 0 Å². The summed E-state index contributed by atoms with van der Waals surface area (Å²) in [6.07, 6.45) is 2.33. The van der Waals surface area contributed by atoms with Crippen LogP contribution in [0.4, 0.5) is 0 Å². The molecule has 0 bridgehead atoms. The molecule has 3 nitrogen and oxygen atoms in total. The molecule has 0 N–H and O–H groups in total. The van der Waals surface area contributed by atoms with E-state index in [0.717, 1.165) is 12.8 Å². The summed E-state index contributed by atoms with van der Waals surface area (Å²) in [5.41, 5.74) is 0. The molecule has 10 heavy (non-hydrogen) atoms. The van der Waals surface area contributed by atoms with Crippen LogP contribution in [0.5, 0.6) is 0 Å². The van der Waals surface area contributed by atoms with E-state index in [1.165, 1.54) is 0 Å². The lowest BCUT2D eigenvalue weighted by atomic mass is 9.86. The van der Waals surface area contributed by atoms with Gasteiger partial charge in [0.1, 0.15) is 0 Å². The third kappa shape index (κ3) is 0.777. The van der Waals surface area contributed by atoms with Crippen LogP contribution in [0.1, 0.15) is 26.2 Å². The Kier molecular flexibility index (Phi) is 1.13. The minimum Gasteiger partial charge on any atom is -0.293 e. The maximum atomic E-state index is 11.1. The molecule has 0 amide bonds. The summed E-state index contributed by atoms with van der Waals surface area (Å²) < 4.78 is 0. The molecule has 2 fully saturated rings. The highest BCUT2D eigenvalue weighted by Gasteiger charge is 2.58. The molecule has 1 saturated heterocycles. The minimum absolute atomic E-state index is 0.116. The third-order valence-corrected chi connectivity index (χ3v) is 2.19. The van der Waals surface area contributed by atoms with Gasteiger partial charge < -0.3 is 0 Å². The smallest absolute Gasteiger partial charge is 0.291 e. The molecule has 0 radical (unpaired) electrons. The topological polar surface area (TPSA) is 42.1 Å². The number of ketones is 1. The van der Waals surface area contributed by atoms with Crippen LogP contribution in [0.15, 0.2) is 0 Å². The van der Waals surface area contributed by atoms with Crippen LogP contribution in [-0.4, -0.2) is 11.6 Å². The first-order valence-electron chi connectivity index (χ1n) is 3.63. The predicted molar refractivity (Wildman–Crippen MR) is 32.9 cm³/mol. The van der Waals surface area contributed by atoms with E-state index in [4.69, 9.17) is 0 Å². The van der Waals surface area contributed by atoms with E-state index in [1.54, 1.807) is 0 Å². The SMILES string of the molecule is CC1CCC(=O)C2(C1)OO2. The summed E-state index contributed by atoms with van der Waals surface area (Å²) in [4.78, 5) is 20.4. The zero-order valence-electron chi connectivity index (χ0n) is 5.92. The summed E-state index contributed by atoms with van der Waals surface area (Å²) in [5, 5.41) is 0. The highest BCUT2D eigenvalue weighted by Crippen LogP contribution is 2.42. The van der Waals surface area contributed by atoms with Gasteiger partial charge in [0.15, 0.2) is 5.78 Å². The molecular formula is C7H10O3. The van der Waals surface area contributed by atoms with E-state index >= 15 is 0 Å². The molecule has 2 aliphatic rings. The quantitative estimate of drug-likeness (QED) is 0.374. The summed E-state index contributed by atoms with van der Waals surface area (Å²) in [7, 11) is 0. The standard InChI is InChI=1S/C7H10O3/c1-5-2-3-6(8)7(4-5)9-10-7/h5H,2-4H2,1H3. The van der Waals surface area contributed by atoms with Crippen molar-refractivity contribution in [3.05, 3.63) is 0 Å². The summed E-state index contributed by atoms with van der Waals surface area (Å²) in [6, 6.07) is 0. The monoisotopic (exact) mass is 142 g/mol. The summed E-state index contributed by atoms with van der Waals surface area (Å²) >= 11 is 0. The number of carbonyl (C=O) groups is 1. The van der Waals surface area contributed by atoms with Gasteiger partial charge in [-0.25, -0.2) is 0 Å². The van der Waals surface area contributed by atoms with Gasteiger partial charge in [-0.3, -0.25) is 4.79 Å². The van der Waals surface area contributed by atoms with Crippen LogP contribution >= 0.6 is 0 Å². The Bertz CT molecular complexity index is 172. The Labute approximate surface area is 59.2 Å². The molecule has 1 spiro atoms. The minimum atomic E-state index is -0.780. The highest BCUT2D eigenvalue weighted by atomic mass is 17.4. The molecule has 0 aromatic rings. The molecule has 1 heterocycles. The molecule has 0 aromatic heterocycles. The first-order valence-corrected chi connectivity index (χ1v) is 3.63. The van der Waals surface area contributed by atoms with E-state index in [1.807, 2.05) is 0 Å². The number of carbonyl (C=O) groups excluding carboxylic acids is 1. The Hall–Kier alpha value is -0.410. The Morgan fingerprint density at radius 2 is 2.30 bits per heavy atom. The number of hydrogen-bond donors (Lipinski definition) is 0. The van der Waals surface area contributed by atoms with Gasteiger partial charge in [-0.15, -0.1) is 0 Å². The highest BCUT2D eigenvalue weighted by molar-refractivity contribution is 5.87. The second kappa shape index (κ2) is 1.80. The van der Waals surface area contributed by atoms with Crippen LogP contribution in [-0.2, 0) is 14.6 Å². The zero-order valence-corrected chi connectivity index (χ0v) is 5.92. The fourth-order valence-electron chi connectivity index (χ4n) is 1.45. The van der Waals surface area contributed by atoms with Gasteiger partial charge in [-0.1, -0.05) is 6.92 Å². The molecule has 1 saturated carbocycles. The van der Waals surface area contributed by atoms with Crippen molar-refractivity contribution in [2.45, 2.75) is 32.0 Å². The van der Waals surface area contributed by atoms with E-state index in [0.29, 0.717) is 12.3 Å². The van der Waals surface area contributed by atoms with Gasteiger partial charge in [0.2, 0.25) is 0 Å². The fourth-order valence-corrected chi connectivity index (χ4v) is 1.45. The summed E-state index contributed by atoms with van der Waals surface area (Å²) in [6.45, 7) is 2.11. The molecule has 3 heteroatoms. The van der Waals surface area contributed by atoms with Crippen molar-refractivity contribution in [2.24, 2.45) is 5.92 Å². The Morgan fingerprint density at radius 3 is 2.80 bits per heavy atom. The second-order valence-corrected chi connectivity index (χ2v) is 3.19. The molecule has 1 aliphatic heterocycles. The van der Waals surface area contributed by atoms with Crippen molar-refractivity contribution < 1.29 is 14.6 Å². The fraction of sp³-hybridized carbons (Fsp3) is 0.857. The largest absolute Gasteiger partial charge is 0.293 e. The molecule has 1 unspecified atom stereocenters. The molecule has 56 valence electrons. The summed E-state index contributed by atoms with van der Waals surface area (Å²) in [5.74, 6) is -0.108. The van der Waals surface area contributed by atoms with Gasteiger partial charge in [0, 0.05) is 12.8 Å². The zero-order chi connectivity index (χ0) is 7.19. The van der Waals surface area contributed by atoms with Gasteiger partial charge in [-0.05, 0) is 12.3 Å². The average molecular weight is 142 g/mol. The second-order valence-electron chi connectivity index (χ2n) is 3.19. The number of Topliss-reactive ketones (excluding diaryl/α,β-unsaturated/α-hetero) is 1. The van der Waals surface area contributed by atoms with Crippen molar-refractivity contribution in [1.29, 1.82) is 0 Å². The lowest BCUT2D eigenvalue weighted by Gasteiger charge is -2.18. The van der Waals surface area contributed by atoms with Crippen molar-refractivity contribution in [3.63, 3.8) is 0 Å². The third-order valence-electron chi connectivity index (χ3n) is 2.19. The number of rotatable bonds is 0. The van der Waals surface area contributed by atoms with E-state index in [-0.39, 0.29) is 5.78 Å². The van der Waals surface area contributed by atoms with Crippen molar-refractivity contribution in [3.8, 4) is 0 Å². The molecular weight excluding hydrogens is 132 g/mol. The van der Waals surface area contributed by atoms with Gasteiger partial charge >= 0.3 is 0 Å². The Morgan fingerprint density at radius 1 is 1.60 bits per heavy atom. The van der Waals surface area contributed by atoms with Crippen molar-refractivity contribution in [1.82, 2.24) is 0 Å². The van der Waals surface area contributed by atoms with Crippen LogP contribution in [0.25, 0.3) is 0 Å². The van der Waals surface area contributed by atoms with E-state index < -0.39 is 5.79 Å². The van der Waals surface area contributed by atoms with Crippen LogP contribution in [0.2, 0.25) is 0 Å². The van der Waals surface area contributed by atoms with Crippen LogP contribution < -0.4 is 0 Å². The van der Waals surface area contributed by atoms with Crippen LogP contribution in [0, 0.1) is 5.92 Å². The van der Waals surface area contributed by atoms with Crippen molar-refractivity contribution >= 4 is 5.78 Å².